The average molecular weight is 796 g/mol. The number of hydrogen-bond acceptors (Lipinski definition) is 11. The third-order valence-electron chi connectivity index (χ3n) is 12.3. The van der Waals surface area contributed by atoms with Crippen LogP contribution >= 0.6 is 0 Å². The van der Waals surface area contributed by atoms with Gasteiger partial charge in [-0.25, -0.2) is 4.79 Å². The van der Waals surface area contributed by atoms with Crippen molar-refractivity contribution < 1.29 is 38.2 Å². The Balaban J connectivity index is 0.858. The topological polar surface area (TPSA) is 172 Å². The van der Waals surface area contributed by atoms with Gasteiger partial charge in [0.1, 0.15) is 29.9 Å². The van der Waals surface area contributed by atoms with Crippen LogP contribution in [0.5, 0.6) is 17.2 Å². The van der Waals surface area contributed by atoms with Crippen molar-refractivity contribution in [3.63, 3.8) is 0 Å². The fraction of sp³-hybridized carbons (Fsp3) is 0.476. The lowest BCUT2D eigenvalue weighted by molar-refractivity contribution is -0.136. The number of ether oxygens (including phenoxy) is 3. The summed E-state index contributed by atoms with van der Waals surface area (Å²) in [6, 6.07) is 7.54. The van der Waals surface area contributed by atoms with Crippen molar-refractivity contribution in [2.45, 2.75) is 50.9 Å². The molecule has 2 aromatic carbocycles. The second kappa shape index (κ2) is 15.5. The Bertz CT molecular complexity index is 2250. The smallest absolute Gasteiger partial charge is 0.317 e. The van der Waals surface area contributed by atoms with Crippen LogP contribution in [0.25, 0.3) is 11.1 Å². The molecule has 5 heterocycles. The van der Waals surface area contributed by atoms with Crippen molar-refractivity contribution in [2.75, 3.05) is 61.1 Å². The zero-order chi connectivity index (χ0) is 41.0. The summed E-state index contributed by atoms with van der Waals surface area (Å²) >= 11 is 0. The first-order valence-electron chi connectivity index (χ1n) is 19.7. The SMILES string of the molecule is COc1cc(-c2cn(C)c(=O)c3c2CCN(C(=O)NC2C[C@@H]4CN(CCOc5ccc6c(c5)C(=O)N(C5CCC(=O)NC5=O)C6=O)C[C@H]24)C3)cc(OC)c1CN(C)C. The first-order chi connectivity index (χ1) is 27.8. The summed E-state index contributed by atoms with van der Waals surface area (Å²) in [5, 5.41) is 5.47. The number of fused-ring (bicyclic) bond motifs is 3. The largest absolute Gasteiger partial charge is 0.496 e. The van der Waals surface area contributed by atoms with Crippen LogP contribution in [-0.4, -0.2) is 127 Å². The van der Waals surface area contributed by atoms with Crippen LogP contribution in [0.2, 0.25) is 0 Å². The first kappa shape index (κ1) is 39.1. The van der Waals surface area contributed by atoms with Crippen LogP contribution in [0.3, 0.4) is 0 Å². The van der Waals surface area contributed by atoms with E-state index >= 15 is 0 Å². The number of imide groups is 2. The van der Waals surface area contributed by atoms with E-state index in [0.29, 0.717) is 67.3 Å². The third kappa shape index (κ3) is 7.08. The minimum atomic E-state index is -1.02. The van der Waals surface area contributed by atoms with Crippen molar-refractivity contribution in [2.24, 2.45) is 18.9 Å². The maximum absolute atomic E-state index is 13.7. The monoisotopic (exact) mass is 795 g/mol. The minimum Gasteiger partial charge on any atom is -0.496 e. The van der Waals surface area contributed by atoms with Gasteiger partial charge in [-0.3, -0.25) is 39.1 Å². The van der Waals surface area contributed by atoms with Gasteiger partial charge >= 0.3 is 6.03 Å². The molecule has 3 fully saturated rings. The van der Waals surface area contributed by atoms with Crippen LogP contribution in [0.15, 0.2) is 41.3 Å². The number of likely N-dealkylation sites (tertiary alicyclic amines) is 1. The summed E-state index contributed by atoms with van der Waals surface area (Å²) in [5.41, 5.74) is 4.54. The molecule has 8 rings (SSSR count). The molecule has 58 heavy (non-hydrogen) atoms. The first-order valence-corrected chi connectivity index (χ1v) is 19.7. The van der Waals surface area contributed by atoms with Crippen LogP contribution < -0.4 is 30.4 Å². The van der Waals surface area contributed by atoms with Crippen LogP contribution in [0, 0.1) is 11.8 Å². The number of piperidine rings is 1. The average Bonchev–Trinajstić information content (AvgIpc) is 3.65. The van der Waals surface area contributed by atoms with E-state index in [2.05, 4.69) is 15.5 Å². The van der Waals surface area contributed by atoms with Gasteiger partial charge in [0.25, 0.3) is 17.4 Å². The number of rotatable bonds is 11. The van der Waals surface area contributed by atoms with E-state index in [1.165, 1.54) is 12.1 Å². The molecule has 0 spiro atoms. The normalized spacial score (nSPS) is 22.7. The predicted molar refractivity (Wildman–Crippen MR) is 211 cm³/mol. The molecular formula is C42H49N7O9. The van der Waals surface area contributed by atoms with Gasteiger partial charge in [0.15, 0.2) is 0 Å². The highest BCUT2D eigenvalue weighted by Crippen LogP contribution is 2.42. The molecule has 1 saturated carbocycles. The molecule has 2 unspecified atom stereocenters. The quantitative estimate of drug-likeness (QED) is 0.272. The molecule has 16 nitrogen and oxygen atoms in total. The van der Waals surface area contributed by atoms with Crippen LogP contribution in [0.4, 0.5) is 4.79 Å². The summed E-state index contributed by atoms with van der Waals surface area (Å²) in [4.78, 5) is 84.4. The van der Waals surface area contributed by atoms with E-state index < -0.39 is 29.7 Å². The lowest BCUT2D eigenvalue weighted by atomic mass is 9.71. The Kier molecular flexibility index (Phi) is 10.5. The highest BCUT2D eigenvalue weighted by molar-refractivity contribution is 6.23. The van der Waals surface area contributed by atoms with Gasteiger partial charge in [-0.1, -0.05) is 0 Å². The summed E-state index contributed by atoms with van der Waals surface area (Å²) in [5.74, 6) is 0.421. The fourth-order valence-electron chi connectivity index (χ4n) is 9.26. The summed E-state index contributed by atoms with van der Waals surface area (Å²) in [7, 11) is 8.99. The molecule has 0 radical (unpaired) electrons. The summed E-state index contributed by atoms with van der Waals surface area (Å²) < 4.78 is 19.2. The van der Waals surface area contributed by atoms with E-state index in [0.717, 1.165) is 46.7 Å². The number of carbonyl (C=O) groups is 5. The molecule has 306 valence electrons. The van der Waals surface area contributed by atoms with Gasteiger partial charge in [-0.2, -0.15) is 0 Å². The van der Waals surface area contributed by atoms with Gasteiger partial charge < -0.3 is 33.9 Å². The predicted octanol–water partition coefficient (Wildman–Crippen LogP) is 2.00. The number of hydrogen-bond donors (Lipinski definition) is 2. The standard InChI is InChI=1S/C42H49N7O9/c1-45(2)19-32-35(56-4)15-23(16-36(32)57-5)29-20-46(3)39(52)31-22-48(11-10-26(29)31)42(55)43-33-14-24-18-47(21-30(24)33)12-13-58-25-6-7-27-28(17-25)41(54)49(40(27)53)34-8-9-37(50)44-38(34)51/h6-7,15-17,20,24,30,33-34H,8-14,18-19,21-22H2,1-5H3,(H,43,55)(H,44,50,51)/t24-,30+,33?,34?/m1/s1. The van der Waals surface area contributed by atoms with E-state index in [1.807, 2.05) is 37.3 Å². The number of aryl methyl sites for hydroxylation is 1. The maximum atomic E-state index is 13.7. The van der Waals surface area contributed by atoms with Crippen molar-refractivity contribution in [3.8, 4) is 28.4 Å². The molecule has 4 aliphatic heterocycles. The second-order valence-corrected chi connectivity index (χ2v) is 16.2. The summed E-state index contributed by atoms with van der Waals surface area (Å²) in [6.07, 6.45) is 3.42. The van der Waals surface area contributed by atoms with Gasteiger partial charge in [-0.05, 0) is 86.7 Å². The highest BCUT2D eigenvalue weighted by Gasteiger charge is 2.48. The lowest BCUT2D eigenvalue weighted by Crippen LogP contribution is -2.56. The molecule has 2 N–H and O–H groups in total. The zero-order valence-electron chi connectivity index (χ0n) is 33.5. The Morgan fingerprint density at radius 1 is 0.931 bits per heavy atom. The number of aromatic nitrogens is 1. The number of amides is 6. The number of benzene rings is 2. The number of urea groups is 1. The maximum Gasteiger partial charge on any atom is 0.317 e. The molecule has 6 amide bonds. The minimum absolute atomic E-state index is 0.0344. The van der Waals surface area contributed by atoms with Crippen molar-refractivity contribution in [1.82, 2.24) is 34.8 Å². The van der Waals surface area contributed by atoms with Gasteiger partial charge in [0, 0.05) is 69.6 Å². The Morgan fingerprint density at radius 2 is 1.67 bits per heavy atom. The molecule has 2 saturated heterocycles. The molecule has 0 bridgehead atoms. The van der Waals surface area contributed by atoms with E-state index in [9.17, 15) is 28.8 Å². The van der Waals surface area contributed by atoms with E-state index in [4.69, 9.17) is 14.2 Å². The van der Waals surface area contributed by atoms with Gasteiger partial charge in [0.05, 0.1) is 37.5 Å². The van der Waals surface area contributed by atoms with Crippen LogP contribution in [-0.2, 0) is 36.1 Å². The molecule has 3 aromatic rings. The number of methoxy groups -OCH3 is 2. The molecule has 4 atom stereocenters. The van der Waals surface area contributed by atoms with Gasteiger partial charge in [0.2, 0.25) is 11.8 Å². The Hall–Kier alpha value is -5.74. The molecule has 1 aliphatic carbocycles. The second-order valence-electron chi connectivity index (χ2n) is 16.2. The number of nitrogens with one attached hydrogen (secondary N) is 2. The number of pyridine rings is 1. The van der Waals surface area contributed by atoms with E-state index in [1.54, 1.807) is 36.8 Å². The van der Waals surface area contributed by atoms with Crippen LogP contribution in [0.1, 0.15) is 56.7 Å². The number of nitrogens with zero attached hydrogens (tertiary/aromatic N) is 5. The Morgan fingerprint density at radius 3 is 2.38 bits per heavy atom. The third-order valence-corrected chi connectivity index (χ3v) is 12.3. The van der Waals surface area contributed by atoms with Gasteiger partial charge in [-0.15, -0.1) is 0 Å². The molecule has 5 aliphatic rings. The Labute approximate surface area is 336 Å². The van der Waals surface area contributed by atoms with Crippen molar-refractivity contribution >= 4 is 29.7 Å². The zero-order valence-corrected chi connectivity index (χ0v) is 33.5. The highest BCUT2D eigenvalue weighted by atomic mass is 16.5. The van der Waals surface area contributed by atoms with Crippen molar-refractivity contribution in [3.05, 3.63) is 74.7 Å². The summed E-state index contributed by atoms with van der Waals surface area (Å²) in [6.45, 7) is 4.04. The van der Waals surface area contributed by atoms with Crippen molar-refractivity contribution in [1.29, 1.82) is 0 Å². The molecule has 1 aromatic heterocycles. The molecule has 16 heteroatoms. The fourth-order valence-corrected chi connectivity index (χ4v) is 9.26. The number of carbonyl (C=O) groups excluding carboxylic acids is 5. The lowest BCUT2D eigenvalue weighted by Gasteiger charge is -2.41. The van der Waals surface area contributed by atoms with E-state index in [-0.39, 0.29) is 48.1 Å². The molecular weight excluding hydrogens is 747 g/mol.